The molecule has 3 atom stereocenters. The highest BCUT2D eigenvalue weighted by atomic mass is 16.5. The van der Waals surface area contributed by atoms with Crippen molar-refractivity contribution in [2.75, 3.05) is 6.54 Å². The molecule has 0 aromatic heterocycles. The maximum Gasteiger partial charge on any atom is 0.407 e. The van der Waals surface area contributed by atoms with Gasteiger partial charge in [0.05, 0.1) is 12.1 Å². The minimum atomic E-state index is -1.25. The van der Waals surface area contributed by atoms with Gasteiger partial charge in [0, 0.05) is 0 Å². The molecule has 3 N–H and O–H groups in total. The van der Waals surface area contributed by atoms with Crippen LogP contribution in [0, 0.1) is 5.92 Å². The zero-order valence-electron chi connectivity index (χ0n) is 14.2. The van der Waals surface area contributed by atoms with Gasteiger partial charge in [0.15, 0.2) is 5.78 Å². The Balaban J connectivity index is 1.89. The molecule has 1 aliphatic heterocycles. The lowest BCUT2D eigenvalue weighted by molar-refractivity contribution is -0.130. The van der Waals surface area contributed by atoms with Gasteiger partial charge in [0.1, 0.15) is 12.7 Å². The molecule has 6 nitrogen and oxygen atoms in total. The summed E-state index contributed by atoms with van der Waals surface area (Å²) in [7, 11) is 0. The maximum atomic E-state index is 12.3. The minimum absolute atomic E-state index is 0.102. The van der Waals surface area contributed by atoms with Gasteiger partial charge in [-0.2, -0.15) is 0 Å². The first-order chi connectivity index (χ1) is 11.5. The van der Waals surface area contributed by atoms with E-state index in [0.717, 1.165) is 24.9 Å². The highest BCUT2D eigenvalue weighted by molar-refractivity contribution is 5.89. The molecule has 24 heavy (non-hydrogen) atoms. The molecule has 1 heterocycles. The van der Waals surface area contributed by atoms with Crippen molar-refractivity contribution in [2.45, 2.75) is 51.5 Å². The van der Waals surface area contributed by atoms with Gasteiger partial charge in [-0.15, -0.1) is 0 Å². The Morgan fingerprint density at radius 1 is 1.33 bits per heavy atom. The smallest absolute Gasteiger partial charge is 0.407 e. The fourth-order valence-electron chi connectivity index (χ4n) is 2.82. The van der Waals surface area contributed by atoms with Crippen LogP contribution in [0.3, 0.4) is 0 Å². The van der Waals surface area contributed by atoms with E-state index in [1.165, 1.54) is 0 Å². The van der Waals surface area contributed by atoms with Crippen LogP contribution >= 0.6 is 0 Å². The van der Waals surface area contributed by atoms with Crippen LogP contribution < -0.4 is 10.6 Å². The molecule has 1 aliphatic rings. The van der Waals surface area contributed by atoms with Gasteiger partial charge in [0.2, 0.25) is 0 Å². The number of ether oxygens (including phenoxy) is 1. The van der Waals surface area contributed by atoms with Crippen LogP contribution in [-0.2, 0) is 16.1 Å². The van der Waals surface area contributed by atoms with E-state index in [0.29, 0.717) is 0 Å². The Labute approximate surface area is 142 Å². The summed E-state index contributed by atoms with van der Waals surface area (Å²) in [6.07, 6.45) is -0.241. The van der Waals surface area contributed by atoms with Crippen LogP contribution in [0.2, 0.25) is 0 Å². The van der Waals surface area contributed by atoms with Crippen molar-refractivity contribution in [3.63, 3.8) is 0 Å². The fraction of sp³-hybridized carbons (Fsp3) is 0.556. The molecule has 1 saturated heterocycles. The summed E-state index contributed by atoms with van der Waals surface area (Å²) in [5.41, 5.74) is 0.875. The van der Waals surface area contributed by atoms with Gasteiger partial charge in [-0.3, -0.25) is 4.79 Å². The van der Waals surface area contributed by atoms with Gasteiger partial charge in [-0.1, -0.05) is 44.2 Å². The molecule has 0 bridgehead atoms. The van der Waals surface area contributed by atoms with E-state index >= 15 is 0 Å². The first kappa shape index (κ1) is 18.4. The summed E-state index contributed by atoms with van der Waals surface area (Å²) in [5.74, 6) is -0.371. The van der Waals surface area contributed by atoms with E-state index in [4.69, 9.17) is 4.74 Å². The van der Waals surface area contributed by atoms with Crippen LogP contribution in [0.25, 0.3) is 0 Å². The minimum Gasteiger partial charge on any atom is -0.445 e. The standard InChI is InChI=1S/C18H26N2O4/c1-12(2)15(17(22)16(21)14-9-6-10-19-14)20-18(23)24-11-13-7-4-3-5-8-13/h3-5,7-8,12,14-15,17,19,22H,6,9-11H2,1-2H3,(H,20,23)/t14-,15?,17?/m0/s1. The summed E-state index contributed by atoms with van der Waals surface area (Å²) in [6, 6.07) is 8.33. The average Bonchev–Trinajstić information content (AvgIpc) is 3.11. The van der Waals surface area contributed by atoms with E-state index in [9.17, 15) is 14.7 Å². The molecule has 0 spiro atoms. The number of ketones is 1. The Morgan fingerprint density at radius 2 is 2.04 bits per heavy atom. The number of carbonyl (C=O) groups excluding carboxylic acids is 2. The van der Waals surface area contributed by atoms with E-state index < -0.39 is 18.2 Å². The summed E-state index contributed by atoms with van der Waals surface area (Å²) in [5, 5.41) is 16.1. The third-order valence-electron chi connectivity index (χ3n) is 4.25. The van der Waals surface area contributed by atoms with E-state index in [-0.39, 0.29) is 24.3 Å². The Bertz CT molecular complexity index is 541. The second-order valence-corrected chi connectivity index (χ2v) is 6.47. The van der Waals surface area contributed by atoms with Crippen molar-refractivity contribution in [3.05, 3.63) is 35.9 Å². The van der Waals surface area contributed by atoms with Crippen molar-refractivity contribution in [1.29, 1.82) is 0 Å². The Hall–Kier alpha value is -1.92. The third-order valence-corrected chi connectivity index (χ3v) is 4.25. The van der Waals surface area contributed by atoms with Crippen molar-refractivity contribution in [2.24, 2.45) is 5.92 Å². The number of hydrogen-bond acceptors (Lipinski definition) is 5. The summed E-state index contributed by atoms with van der Waals surface area (Å²) in [4.78, 5) is 24.4. The van der Waals surface area contributed by atoms with Crippen LogP contribution in [0.4, 0.5) is 4.79 Å². The van der Waals surface area contributed by atoms with Crippen LogP contribution in [0.1, 0.15) is 32.3 Å². The van der Waals surface area contributed by atoms with E-state index in [2.05, 4.69) is 10.6 Å². The number of alkyl carbamates (subject to hydrolysis) is 1. The number of rotatable bonds is 7. The number of benzene rings is 1. The van der Waals surface area contributed by atoms with E-state index in [1.54, 1.807) is 0 Å². The molecule has 1 fully saturated rings. The number of nitrogens with one attached hydrogen (secondary N) is 2. The first-order valence-electron chi connectivity index (χ1n) is 8.41. The van der Waals surface area contributed by atoms with Crippen LogP contribution in [-0.4, -0.2) is 41.7 Å². The molecular weight excluding hydrogens is 308 g/mol. The number of aliphatic hydroxyl groups excluding tert-OH is 1. The highest BCUT2D eigenvalue weighted by Crippen LogP contribution is 2.14. The fourth-order valence-corrected chi connectivity index (χ4v) is 2.82. The van der Waals surface area contributed by atoms with Crippen LogP contribution in [0.5, 0.6) is 0 Å². The second kappa shape index (κ2) is 8.80. The maximum absolute atomic E-state index is 12.3. The number of aliphatic hydroxyl groups is 1. The molecular formula is C18H26N2O4. The molecule has 132 valence electrons. The predicted octanol–water partition coefficient (Wildman–Crippen LogP) is 1.62. The lowest BCUT2D eigenvalue weighted by Gasteiger charge is -2.27. The second-order valence-electron chi connectivity index (χ2n) is 6.47. The molecule has 2 unspecified atom stereocenters. The van der Waals surface area contributed by atoms with Gasteiger partial charge in [-0.05, 0) is 30.9 Å². The summed E-state index contributed by atoms with van der Waals surface area (Å²) < 4.78 is 5.18. The monoisotopic (exact) mass is 334 g/mol. The van der Waals surface area contributed by atoms with Crippen molar-refractivity contribution < 1.29 is 19.4 Å². The van der Waals surface area contributed by atoms with Gasteiger partial charge < -0.3 is 20.5 Å². The lowest BCUT2D eigenvalue weighted by atomic mass is 9.92. The summed E-state index contributed by atoms with van der Waals surface area (Å²) >= 11 is 0. The van der Waals surface area contributed by atoms with Gasteiger partial charge in [-0.25, -0.2) is 4.79 Å². The third kappa shape index (κ3) is 5.04. The number of carbonyl (C=O) groups is 2. The SMILES string of the molecule is CC(C)C(NC(=O)OCc1ccccc1)C(O)C(=O)[C@@H]1CCCN1. The number of Topliss-reactive ketones (excluding diaryl/α,β-unsaturated/α-hetero) is 1. The predicted molar refractivity (Wildman–Crippen MR) is 90.4 cm³/mol. The van der Waals surface area contributed by atoms with Crippen molar-refractivity contribution in [3.8, 4) is 0 Å². The number of hydrogen-bond donors (Lipinski definition) is 3. The van der Waals surface area contributed by atoms with Gasteiger partial charge >= 0.3 is 6.09 Å². The molecule has 0 saturated carbocycles. The van der Waals surface area contributed by atoms with Gasteiger partial charge in [0.25, 0.3) is 0 Å². The molecule has 2 rings (SSSR count). The van der Waals surface area contributed by atoms with Crippen LogP contribution in [0.15, 0.2) is 30.3 Å². The zero-order valence-corrected chi connectivity index (χ0v) is 14.2. The molecule has 6 heteroatoms. The molecule has 0 radical (unpaired) electrons. The zero-order chi connectivity index (χ0) is 17.5. The average molecular weight is 334 g/mol. The molecule has 1 amide bonds. The molecule has 1 aromatic rings. The first-order valence-corrected chi connectivity index (χ1v) is 8.41. The summed E-state index contributed by atoms with van der Waals surface area (Å²) in [6.45, 7) is 4.62. The van der Waals surface area contributed by atoms with Crippen molar-refractivity contribution >= 4 is 11.9 Å². The Morgan fingerprint density at radius 3 is 2.62 bits per heavy atom. The normalized spacial score (nSPS) is 19.8. The number of amides is 1. The Kier molecular flexibility index (Phi) is 6.75. The quantitative estimate of drug-likeness (QED) is 0.705. The molecule has 1 aromatic carbocycles. The lowest BCUT2D eigenvalue weighted by Crippen LogP contribution is -2.53. The molecule has 0 aliphatic carbocycles. The topological polar surface area (TPSA) is 87.7 Å². The largest absolute Gasteiger partial charge is 0.445 e. The van der Waals surface area contributed by atoms with Crippen molar-refractivity contribution in [1.82, 2.24) is 10.6 Å². The van der Waals surface area contributed by atoms with E-state index in [1.807, 2.05) is 44.2 Å². The highest BCUT2D eigenvalue weighted by Gasteiger charge is 2.35.